The Balaban J connectivity index is 1.30. The molecule has 0 radical (unpaired) electrons. The SMILES string of the molecule is CC1CCCN1CCNC(=O)c1c(=O)c2cc(F)c(N3CCC(c4cnccn4)C3)cc2n2c1sc1ccccc12. The fraction of sp³-hybridized carbons (Fsp3) is 0.355. The van der Waals surface area contributed by atoms with Crippen molar-refractivity contribution in [1.82, 2.24) is 24.6 Å². The molecule has 1 N–H and O–H groups in total. The largest absolute Gasteiger partial charge is 0.368 e. The standard InChI is InChI=1S/C31H31FN6O2S/c1-19-5-4-12-36(19)14-11-35-30(40)28-29(39)21-15-22(32)26(37-13-8-20(18-37)23-17-33-9-10-34-23)16-25(21)38-24-6-2-3-7-27(24)41-31(28)38/h2-3,6-7,9-10,15-17,19-20H,4-5,8,11-14,18H2,1H3,(H,35,40). The molecule has 0 spiro atoms. The van der Waals surface area contributed by atoms with Crippen molar-refractivity contribution in [3.63, 3.8) is 0 Å². The van der Waals surface area contributed by atoms with Gasteiger partial charge in [0.15, 0.2) is 0 Å². The number of anilines is 1. The summed E-state index contributed by atoms with van der Waals surface area (Å²) >= 11 is 1.41. The van der Waals surface area contributed by atoms with E-state index in [-0.39, 0.29) is 16.9 Å². The second kappa shape index (κ2) is 10.5. The maximum absolute atomic E-state index is 15.7. The highest BCUT2D eigenvalue weighted by atomic mass is 32.1. The Bertz CT molecular complexity index is 1840. The summed E-state index contributed by atoms with van der Waals surface area (Å²) in [5.74, 6) is -0.731. The van der Waals surface area contributed by atoms with Gasteiger partial charge in [0.2, 0.25) is 5.43 Å². The lowest BCUT2D eigenvalue weighted by molar-refractivity contribution is 0.0948. The topological polar surface area (TPSA) is 82.8 Å². The quantitative estimate of drug-likeness (QED) is 0.316. The zero-order chi connectivity index (χ0) is 28.1. The first-order chi connectivity index (χ1) is 20.0. The molecular weight excluding hydrogens is 539 g/mol. The number of amides is 1. The minimum atomic E-state index is -0.469. The van der Waals surface area contributed by atoms with Gasteiger partial charge in [-0.15, -0.1) is 11.3 Å². The summed E-state index contributed by atoms with van der Waals surface area (Å²) in [5, 5.41) is 3.18. The monoisotopic (exact) mass is 570 g/mol. The fourth-order valence-electron chi connectivity index (χ4n) is 6.45. The second-order valence-electron chi connectivity index (χ2n) is 11.1. The molecule has 5 heterocycles. The highest BCUT2D eigenvalue weighted by molar-refractivity contribution is 7.24. The molecule has 1 amide bonds. The van der Waals surface area contributed by atoms with Gasteiger partial charge in [-0.05, 0) is 57.0 Å². The van der Waals surface area contributed by atoms with Crippen LogP contribution in [0.15, 0.2) is 59.8 Å². The van der Waals surface area contributed by atoms with Crippen LogP contribution >= 0.6 is 11.3 Å². The first-order valence-electron chi connectivity index (χ1n) is 14.2. The zero-order valence-corrected chi connectivity index (χ0v) is 23.7. The first-order valence-corrected chi connectivity index (χ1v) is 15.0. The molecule has 3 aromatic heterocycles. The number of benzene rings is 2. The summed E-state index contributed by atoms with van der Waals surface area (Å²) in [6, 6.07) is 11.4. The van der Waals surface area contributed by atoms with Crippen molar-refractivity contribution < 1.29 is 9.18 Å². The molecule has 10 heteroatoms. The van der Waals surface area contributed by atoms with E-state index in [2.05, 4.69) is 27.1 Å². The van der Waals surface area contributed by atoms with Crippen LogP contribution in [0.4, 0.5) is 10.1 Å². The maximum Gasteiger partial charge on any atom is 0.258 e. The highest BCUT2D eigenvalue weighted by Gasteiger charge is 2.29. The molecule has 2 aromatic carbocycles. The molecule has 5 aromatic rings. The number of hydrogen-bond acceptors (Lipinski definition) is 7. The van der Waals surface area contributed by atoms with E-state index in [0.29, 0.717) is 41.7 Å². The molecule has 0 aliphatic carbocycles. The van der Waals surface area contributed by atoms with E-state index in [1.807, 2.05) is 33.6 Å². The van der Waals surface area contributed by atoms with Gasteiger partial charge in [0.05, 0.1) is 32.5 Å². The van der Waals surface area contributed by atoms with Crippen molar-refractivity contribution >= 4 is 48.9 Å². The molecule has 210 valence electrons. The van der Waals surface area contributed by atoms with Gasteiger partial charge in [-0.3, -0.25) is 28.9 Å². The number of nitrogens with one attached hydrogen (secondary N) is 1. The summed E-state index contributed by atoms with van der Waals surface area (Å²) in [5.41, 5.74) is 2.46. The van der Waals surface area contributed by atoms with Crippen LogP contribution in [0.2, 0.25) is 0 Å². The number of thiazole rings is 1. The average molecular weight is 571 g/mol. The molecule has 2 aliphatic heterocycles. The molecule has 2 atom stereocenters. The smallest absolute Gasteiger partial charge is 0.258 e. The lowest BCUT2D eigenvalue weighted by atomic mass is 10.1. The first kappa shape index (κ1) is 26.0. The van der Waals surface area contributed by atoms with Gasteiger partial charge in [0.25, 0.3) is 5.91 Å². The van der Waals surface area contributed by atoms with Gasteiger partial charge in [-0.2, -0.15) is 0 Å². The van der Waals surface area contributed by atoms with Gasteiger partial charge < -0.3 is 10.2 Å². The molecule has 2 fully saturated rings. The molecule has 2 saturated heterocycles. The number of carbonyl (C=O) groups excluding carboxylic acids is 1. The van der Waals surface area contributed by atoms with Gasteiger partial charge in [0.1, 0.15) is 16.2 Å². The third-order valence-corrected chi connectivity index (χ3v) is 9.79. The average Bonchev–Trinajstić information content (AvgIpc) is 3.72. The number of hydrogen-bond donors (Lipinski definition) is 1. The second-order valence-corrected chi connectivity index (χ2v) is 12.1. The number of likely N-dealkylation sites (tertiary alicyclic amines) is 1. The Labute approximate surface area is 240 Å². The number of rotatable bonds is 6. The number of para-hydroxylation sites is 1. The van der Waals surface area contributed by atoms with E-state index >= 15 is 4.39 Å². The number of pyridine rings is 1. The van der Waals surface area contributed by atoms with Crippen molar-refractivity contribution in [2.45, 2.75) is 38.1 Å². The lowest BCUT2D eigenvalue weighted by Gasteiger charge is -2.21. The highest BCUT2D eigenvalue weighted by Crippen LogP contribution is 2.36. The fourth-order valence-corrected chi connectivity index (χ4v) is 7.64. The van der Waals surface area contributed by atoms with E-state index in [9.17, 15) is 9.59 Å². The zero-order valence-electron chi connectivity index (χ0n) is 22.8. The van der Waals surface area contributed by atoms with Gasteiger partial charge >= 0.3 is 0 Å². The van der Waals surface area contributed by atoms with Crippen LogP contribution in [0.5, 0.6) is 0 Å². The molecule has 41 heavy (non-hydrogen) atoms. The third kappa shape index (κ3) is 4.55. The third-order valence-electron chi connectivity index (χ3n) is 8.64. The number of fused-ring (bicyclic) bond motifs is 5. The number of carbonyl (C=O) groups is 1. The van der Waals surface area contributed by atoms with Crippen LogP contribution in [0.1, 0.15) is 48.2 Å². The Morgan fingerprint density at radius 2 is 2.02 bits per heavy atom. The molecule has 7 rings (SSSR count). The molecule has 0 saturated carbocycles. The van der Waals surface area contributed by atoms with E-state index in [1.165, 1.54) is 17.4 Å². The van der Waals surface area contributed by atoms with Crippen LogP contribution in [-0.4, -0.2) is 63.9 Å². The Morgan fingerprint density at radius 3 is 2.83 bits per heavy atom. The van der Waals surface area contributed by atoms with Crippen LogP contribution in [0, 0.1) is 5.82 Å². The normalized spacial score (nSPS) is 19.6. The summed E-state index contributed by atoms with van der Waals surface area (Å²) < 4.78 is 18.6. The van der Waals surface area contributed by atoms with Crippen LogP contribution in [0.3, 0.4) is 0 Å². The van der Waals surface area contributed by atoms with Gasteiger partial charge in [-0.1, -0.05) is 12.1 Å². The summed E-state index contributed by atoms with van der Waals surface area (Å²) in [7, 11) is 0. The van der Waals surface area contributed by atoms with E-state index in [1.54, 1.807) is 24.7 Å². The number of halogens is 1. The number of nitrogens with zero attached hydrogens (tertiary/aromatic N) is 5. The lowest BCUT2D eigenvalue weighted by Crippen LogP contribution is -2.38. The van der Waals surface area contributed by atoms with Crippen LogP contribution in [0.25, 0.3) is 25.9 Å². The van der Waals surface area contributed by atoms with Crippen molar-refractivity contribution in [2.75, 3.05) is 37.6 Å². The number of aromatic nitrogens is 3. The molecule has 0 bridgehead atoms. The van der Waals surface area contributed by atoms with Crippen LogP contribution in [-0.2, 0) is 0 Å². The van der Waals surface area contributed by atoms with Gasteiger partial charge in [-0.25, -0.2) is 4.39 Å². The predicted octanol–water partition coefficient (Wildman–Crippen LogP) is 4.80. The molecule has 8 nitrogen and oxygen atoms in total. The van der Waals surface area contributed by atoms with Crippen molar-refractivity contribution in [3.8, 4) is 0 Å². The van der Waals surface area contributed by atoms with Crippen LogP contribution < -0.4 is 15.6 Å². The summed E-state index contributed by atoms with van der Waals surface area (Å²) in [6.45, 7) is 5.69. The van der Waals surface area contributed by atoms with Crippen molar-refractivity contribution in [2.24, 2.45) is 0 Å². The van der Waals surface area contributed by atoms with Gasteiger partial charge in [0, 0.05) is 56.7 Å². The Hall–Kier alpha value is -3.89. The minimum Gasteiger partial charge on any atom is -0.368 e. The van der Waals surface area contributed by atoms with Crippen molar-refractivity contribution in [3.05, 3.63) is 82.3 Å². The van der Waals surface area contributed by atoms with E-state index in [4.69, 9.17) is 0 Å². The maximum atomic E-state index is 15.7. The predicted molar refractivity (Wildman–Crippen MR) is 161 cm³/mol. The Morgan fingerprint density at radius 1 is 1.15 bits per heavy atom. The molecular formula is C31H31FN6O2S. The summed E-state index contributed by atoms with van der Waals surface area (Å²) in [4.78, 5) is 41.0. The summed E-state index contributed by atoms with van der Waals surface area (Å²) in [6.07, 6.45) is 8.26. The Kier molecular flexibility index (Phi) is 6.67. The minimum absolute atomic E-state index is 0.0733. The van der Waals surface area contributed by atoms with E-state index < -0.39 is 17.2 Å². The van der Waals surface area contributed by atoms with Crippen molar-refractivity contribution in [1.29, 1.82) is 0 Å². The molecule has 2 aliphatic rings. The molecule has 2 unspecified atom stereocenters. The van der Waals surface area contributed by atoms with E-state index in [0.717, 1.165) is 48.3 Å².